The summed E-state index contributed by atoms with van der Waals surface area (Å²) in [6.07, 6.45) is -2.19. The Morgan fingerprint density at radius 1 is 1.27 bits per heavy atom. The molecule has 1 spiro atoms. The third-order valence-electron chi connectivity index (χ3n) is 6.94. The maximum atomic E-state index is 13.8. The first-order valence-corrected chi connectivity index (χ1v) is 12.0. The number of amides is 1. The van der Waals surface area contributed by atoms with Crippen LogP contribution in [0.3, 0.4) is 0 Å². The summed E-state index contributed by atoms with van der Waals surface area (Å²) in [7, 11) is 1.57. The monoisotopic (exact) mass is 555 g/mol. The lowest BCUT2D eigenvalue weighted by Crippen LogP contribution is -2.53. The lowest BCUT2D eigenvalue weighted by Gasteiger charge is -2.53. The summed E-state index contributed by atoms with van der Waals surface area (Å²) in [4.78, 5) is 23.3. The smallest absolute Gasteiger partial charge is 0.433 e. The van der Waals surface area contributed by atoms with E-state index in [2.05, 4.69) is 30.7 Å². The number of fused-ring (bicyclic) bond motifs is 1. The van der Waals surface area contributed by atoms with Gasteiger partial charge in [-0.1, -0.05) is 0 Å². The number of imidazole rings is 1. The molecule has 0 radical (unpaired) electrons. The molecule has 4 aromatic rings. The molecule has 40 heavy (non-hydrogen) atoms. The fraction of sp³-hybridized carbons (Fsp3) is 0.333. The summed E-state index contributed by atoms with van der Waals surface area (Å²) in [6, 6.07) is 5.38. The van der Waals surface area contributed by atoms with Crippen molar-refractivity contribution < 1.29 is 32.5 Å². The highest BCUT2D eigenvalue weighted by Gasteiger charge is 2.52. The van der Waals surface area contributed by atoms with Crippen molar-refractivity contribution in [2.75, 3.05) is 23.8 Å². The first-order valence-electron chi connectivity index (χ1n) is 12.0. The molecule has 1 saturated carbocycles. The van der Waals surface area contributed by atoms with Gasteiger partial charge in [-0.2, -0.15) is 28.5 Å². The van der Waals surface area contributed by atoms with Gasteiger partial charge in [0.05, 0.1) is 25.5 Å². The molecule has 13 nitrogen and oxygen atoms in total. The van der Waals surface area contributed by atoms with Crippen molar-refractivity contribution in [3.05, 3.63) is 41.9 Å². The topological polar surface area (TPSA) is 165 Å². The third kappa shape index (κ3) is 4.39. The Bertz CT molecular complexity index is 1680. The maximum Gasteiger partial charge on any atom is 0.433 e. The molecule has 5 heterocycles. The zero-order valence-electron chi connectivity index (χ0n) is 20.7. The van der Waals surface area contributed by atoms with E-state index in [4.69, 9.17) is 14.6 Å². The molecule has 1 saturated heterocycles. The van der Waals surface area contributed by atoms with Crippen molar-refractivity contribution in [3.8, 4) is 17.6 Å². The van der Waals surface area contributed by atoms with Gasteiger partial charge in [-0.05, 0) is 18.9 Å². The summed E-state index contributed by atoms with van der Waals surface area (Å²) >= 11 is 0. The number of ether oxygens (including phenoxy) is 2. The van der Waals surface area contributed by atoms with Crippen LogP contribution >= 0.6 is 0 Å². The van der Waals surface area contributed by atoms with E-state index in [9.17, 15) is 23.2 Å². The predicted molar refractivity (Wildman–Crippen MR) is 131 cm³/mol. The normalized spacial score (nSPS) is 16.3. The molecule has 16 heteroatoms. The quantitative estimate of drug-likeness (QED) is 0.310. The molecule has 1 aliphatic carbocycles. The van der Waals surface area contributed by atoms with E-state index in [1.54, 1.807) is 7.05 Å². The molecule has 0 bridgehead atoms. The van der Waals surface area contributed by atoms with Crippen LogP contribution in [0.15, 0.2) is 30.6 Å². The number of halogens is 3. The summed E-state index contributed by atoms with van der Waals surface area (Å²) < 4.78 is 55.0. The van der Waals surface area contributed by atoms with Crippen molar-refractivity contribution in [1.82, 2.24) is 29.3 Å². The van der Waals surface area contributed by atoms with E-state index in [-0.39, 0.29) is 57.3 Å². The van der Waals surface area contributed by atoms with Gasteiger partial charge < -0.3 is 24.5 Å². The standard InChI is InChI=1S/C24H20F3N9O4/c1-35-19-14(8-28)15(40-13-2-3-29-17(4-13)32-22(37)38)9-30-20(19)33-21(35)31-18-5-16(24(25,26)27)36(34-18)12-6-23(7-12)10-39-11-23/h2-5,9,12H,6-7,10-11H2,1H3,(H,29,32)(H,37,38)(H,30,31,33,34). The molecule has 6 rings (SSSR count). The highest BCUT2D eigenvalue weighted by Crippen LogP contribution is 2.54. The van der Waals surface area contributed by atoms with Crippen LogP contribution in [0.25, 0.3) is 11.2 Å². The van der Waals surface area contributed by atoms with E-state index in [1.165, 1.54) is 29.1 Å². The van der Waals surface area contributed by atoms with Gasteiger partial charge in [-0.25, -0.2) is 14.8 Å². The molecule has 0 aromatic carbocycles. The van der Waals surface area contributed by atoms with Crippen molar-refractivity contribution >= 4 is 34.8 Å². The average molecular weight is 555 g/mol. The van der Waals surface area contributed by atoms with E-state index in [0.29, 0.717) is 26.1 Å². The number of anilines is 3. The van der Waals surface area contributed by atoms with Gasteiger partial charge in [0.1, 0.15) is 34.4 Å². The van der Waals surface area contributed by atoms with Crippen LogP contribution in [-0.2, 0) is 18.0 Å². The van der Waals surface area contributed by atoms with E-state index >= 15 is 0 Å². The van der Waals surface area contributed by atoms with Crippen LogP contribution in [-0.4, -0.2) is 53.7 Å². The summed E-state index contributed by atoms with van der Waals surface area (Å²) in [5.41, 5.74) is -0.440. The predicted octanol–water partition coefficient (Wildman–Crippen LogP) is 4.43. The first-order chi connectivity index (χ1) is 19.0. The van der Waals surface area contributed by atoms with Gasteiger partial charge in [0.2, 0.25) is 5.95 Å². The number of carbonyl (C=O) groups is 1. The Kier molecular flexibility index (Phi) is 5.76. The fourth-order valence-electron chi connectivity index (χ4n) is 5.03. The zero-order chi connectivity index (χ0) is 28.2. The van der Waals surface area contributed by atoms with E-state index in [0.717, 1.165) is 10.7 Å². The third-order valence-corrected chi connectivity index (χ3v) is 6.94. The van der Waals surface area contributed by atoms with Crippen molar-refractivity contribution in [3.63, 3.8) is 0 Å². The average Bonchev–Trinajstić information content (AvgIpc) is 3.39. The van der Waals surface area contributed by atoms with Gasteiger partial charge in [-0.3, -0.25) is 10.00 Å². The molecule has 3 N–H and O–H groups in total. The molecule has 4 aromatic heterocycles. The molecule has 1 amide bonds. The van der Waals surface area contributed by atoms with E-state index in [1.807, 2.05) is 6.07 Å². The first kappa shape index (κ1) is 25.4. The Morgan fingerprint density at radius 3 is 2.70 bits per heavy atom. The van der Waals surface area contributed by atoms with Gasteiger partial charge in [0.25, 0.3) is 0 Å². The van der Waals surface area contributed by atoms with Gasteiger partial charge >= 0.3 is 12.3 Å². The Balaban J connectivity index is 1.30. The van der Waals surface area contributed by atoms with Crippen LogP contribution < -0.4 is 15.4 Å². The molecule has 0 atom stereocenters. The molecule has 2 fully saturated rings. The Labute approximate surface area is 223 Å². The SMILES string of the molecule is Cn1c(Nc2cc(C(F)(F)F)n(C3CC4(COC4)C3)n2)nc2ncc(Oc3ccnc(NC(=O)O)c3)c(C#N)c21. The lowest BCUT2D eigenvalue weighted by molar-refractivity contribution is -0.182. The number of nitrogens with one attached hydrogen (secondary N) is 2. The lowest BCUT2D eigenvalue weighted by atomic mass is 9.64. The molecule has 0 unspecified atom stereocenters. The number of aryl methyl sites for hydroxylation is 1. The highest BCUT2D eigenvalue weighted by atomic mass is 19.4. The van der Waals surface area contributed by atoms with Crippen molar-refractivity contribution in [2.24, 2.45) is 12.5 Å². The number of nitriles is 1. The number of alkyl halides is 3. The number of aromatic nitrogens is 6. The van der Waals surface area contributed by atoms with Gasteiger partial charge in [-0.15, -0.1) is 0 Å². The summed E-state index contributed by atoms with van der Waals surface area (Å²) in [6.45, 7) is 1.11. The minimum absolute atomic E-state index is 0.0142. The molecular weight excluding hydrogens is 535 g/mol. The van der Waals surface area contributed by atoms with Crippen LogP contribution in [0.4, 0.5) is 35.5 Å². The molecular formula is C24H20F3N9O4. The summed E-state index contributed by atoms with van der Waals surface area (Å²) in [5.74, 6) is 0.318. The van der Waals surface area contributed by atoms with Crippen molar-refractivity contribution in [1.29, 1.82) is 5.26 Å². The number of hydrogen-bond acceptors (Lipinski definition) is 9. The molecule has 206 valence electrons. The second kappa shape index (κ2) is 9.09. The number of rotatable bonds is 6. The number of hydrogen-bond donors (Lipinski definition) is 3. The molecule has 2 aliphatic rings. The largest absolute Gasteiger partial charge is 0.465 e. The highest BCUT2D eigenvalue weighted by molar-refractivity contribution is 5.84. The minimum atomic E-state index is -4.60. The van der Waals surface area contributed by atoms with Crippen molar-refractivity contribution in [2.45, 2.75) is 25.1 Å². The second-order valence-electron chi connectivity index (χ2n) is 9.72. The zero-order valence-corrected chi connectivity index (χ0v) is 20.7. The number of carboxylic acid groups (broad SMARTS) is 1. The minimum Gasteiger partial charge on any atom is -0.465 e. The van der Waals surface area contributed by atoms with Crippen LogP contribution in [0, 0.1) is 16.7 Å². The van der Waals surface area contributed by atoms with Gasteiger partial charge in [0, 0.05) is 30.8 Å². The fourth-order valence-corrected chi connectivity index (χ4v) is 5.03. The molecule has 1 aliphatic heterocycles. The Hall–Kier alpha value is -4.91. The van der Waals surface area contributed by atoms with E-state index < -0.39 is 18.0 Å². The second-order valence-corrected chi connectivity index (χ2v) is 9.72. The van der Waals surface area contributed by atoms with Crippen LogP contribution in [0.1, 0.15) is 30.1 Å². The van der Waals surface area contributed by atoms with Crippen LogP contribution in [0.5, 0.6) is 11.5 Å². The van der Waals surface area contributed by atoms with Gasteiger partial charge in [0.15, 0.2) is 17.2 Å². The summed E-state index contributed by atoms with van der Waals surface area (Å²) in [5, 5.41) is 27.9. The Morgan fingerprint density at radius 2 is 2.05 bits per heavy atom. The number of pyridine rings is 2. The number of nitrogens with zero attached hydrogens (tertiary/aromatic N) is 7. The van der Waals surface area contributed by atoms with Crippen LogP contribution in [0.2, 0.25) is 0 Å². The maximum absolute atomic E-state index is 13.8.